The van der Waals surface area contributed by atoms with Gasteiger partial charge in [0.25, 0.3) is 6.02 Å². The van der Waals surface area contributed by atoms with Gasteiger partial charge in [0.15, 0.2) is 6.10 Å². The number of hydrogen-bond donors (Lipinski definition) is 0. The highest BCUT2D eigenvalue weighted by Crippen LogP contribution is 2.40. The Labute approximate surface area is 361 Å². The first-order valence-corrected chi connectivity index (χ1v) is 23.3. The first-order chi connectivity index (χ1) is 29.7. The minimum absolute atomic E-state index is 0.195. The summed E-state index contributed by atoms with van der Waals surface area (Å²) in [6.07, 6.45) is 15.1. The molecule has 2 aliphatic rings. The number of unbranched alkanes of at least 4 members (excludes halogenated alkanes) is 12. The highest BCUT2D eigenvalue weighted by atomic mass is 16.6. The summed E-state index contributed by atoms with van der Waals surface area (Å²) in [6, 6.07) is 42.2. The van der Waals surface area contributed by atoms with Crippen LogP contribution in [0.4, 0.5) is 0 Å². The molecule has 2 fully saturated rings. The summed E-state index contributed by atoms with van der Waals surface area (Å²) in [5.74, 6) is 0. The van der Waals surface area contributed by atoms with Crippen molar-refractivity contribution in [3.63, 3.8) is 0 Å². The summed E-state index contributed by atoms with van der Waals surface area (Å²) in [7, 11) is 0. The molecule has 6 rings (SSSR count). The largest absolute Gasteiger partial charge is 0.457 e. The summed E-state index contributed by atoms with van der Waals surface area (Å²) >= 11 is 0. The Bertz CT molecular complexity index is 1730. The predicted octanol–water partition coefficient (Wildman–Crippen LogP) is 12.3. The Balaban J connectivity index is 1.35. The third kappa shape index (κ3) is 14.3. The molecule has 1 aliphatic heterocycles. The zero-order chi connectivity index (χ0) is 41.5. The molecule has 0 aromatic heterocycles. The molecule has 7 nitrogen and oxygen atoms in total. The molecule has 0 bridgehead atoms. The van der Waals surface area contributed by atoms with Crippen LogP contribution in [0.15, 0.2) is 126 Å². The van der Waals surface area contributed by atoms with Gasteiger partial charge in [-0.3, -0.25) is 0 Å². The van der Waals surface area contributed by atoms with Gasteiger partial charge in [0.2, 0.25) is 0 Å². The zero-order valence-electron chi connectivity index (χ0n) is 36.6. The van der Waals surface area contributed by atoms with Crippen molar-refractivity contribution in [2.45, 2.75) is 167 Å². The molecule has 0 unspecified atom stereocenters. The van der Waals surface area contributed by atoms with E-state index < -0.39 is 24.4 Å². The molecule has 6 atom stereocenters. The lowest BCUT2D eigenvalue weighted by Gasteiger charge is -2.48. The molecule has 0 radical (unpaired) electrons. The van der Waals surface area contributed by atoms with E-state index in [9.17, 15) is 0 Å². The lowest BCUT2D eigenvalue weighted by molar-refractivity contribution is -0.245. The van der Waals surface area contributed by atoms with Gasteiger partial charge in [-0.1, -0.05) is 212 Å². The van der Waals surface area contributed by atoms with Crippen molar-refractivity contribution in [1.29, 1.82) is 0 Å². The number of aliphatic imine (C=N–C) groups is 1. The maximum absolute atomic E-state index is 7.18. The third-order valence-corrected chi connectivity index (χ3v) is 12.0. The number of nitrogens with zero attached hydrogens (tertiary/aromatic N) is 2. The summed E-state index contributed by atoms with van der Waals surface area (Å²) < 4.78 is 35.6. The van der Waals surface area contributed by atoms with E-state index in [1.807, 2.05) is 18.2 Å². The van der Waals surface area contributed by atoms with Crippen LogP contribution >= 0.6 is 0 Å². The van der Waals surface area contributed by atoms with E-state index in [-0.39, 0.29) is 12.1 Å². The molecule has 4 aromatic rings. The fraction of sp³-hybridized carbons (Fsp3) is 0.528. The smallest absolute Gasteiger partial charge is 0.288 e. The number of ether oxygens (including phenoxy) is 5. The number of rotatable bonds is 28. The van der Waals surface area contributed by atoms with E-state index in [2.05, 4.69) is 122 Å². The Hall–Kier alpha value is -4.01. The molecule has 0 amide bonds. The van der Waals surface area contributed by atoms with Crippen LogP contribution in [0.3, 0.4) is 0 Å². The maximum atomic E-state index is 7.18. The molecule has 4 aromatic carbocycles. The molecule has 1 saturated carbocycles. The van der Waals surface area contributed by atoms with Crippen LogP contribution in [0.1, 0.15) is 126 Å². The van der Waals surface area contributed by atoms with Crippen molar-refractivity contribution in [3.8, 4) is 0 Å². The van der Waals surface area contributed by atoms with Crippen molar-refractivity contribution in [2.24, 2.45) is 4.99 Å². The van der Waals surface area contributed by atoms with Crippen LogP contribution in [-0.2, 0) is 50.1 Å². The van der Waals surface area contributed by atoms with Crippen LogP contribution in [0.25, 0.3) is 0 Å². The van der Waals surface area contributed by atoms with Gasteiger partial charge in [-0.05, 0) is 35.1 Å². The average Bonchev–Trinajstić information content (AvgIpc) is 3.65. The molecular formula is C53H72N2O5. The van der Waals surface area contributed by atoms with E-state index in [0.29, 0.717) is 32.4 Å². The molecule has 0 N–H and O–H groups in total. The third-order valence-electron chi connectivity index (χ3n) is 12.0. The van der Waals surface area contributed by atoms with Gasteiger partial charge in [-0.15, -0.1) is 0 Å². The number of fused-ring (bicyclic) bond motifs is 1. The molecule has 7 heteroatoms. The number of benzene rings is 4. The monoisotopic (exact) mass is 817 g/mol. The van der Waals surface area contributed by atoms with Crippen molar-refractivity contribution in [2.75, 3.05) is 13.1 Å². The Morgan fingerprint density at radius 3 is 1.25 bits per heavy atom. The van der Waals surface area contributed by atoms with Gasteiger partial charge >= 0.3 is 0 Å². The normalized spacial score (nSPS) is 21.9. The SMILES string of the molecule is CCCCCCCCCN=C1O[C@H]2[C@H](OCc3ccccc3)[C@@H](OCc3ccccc3)[C@H](OCc3ccccc3)[C@@H](OCc3ccccc3)[C@@H]2N1CCCCCCCCC. The van der Waals surface area contributed by atoms with Gasteiger partial charge in [-0.2, -0.15) is 0 Å². The fourth-order valence-electron chi connectivity index (χ4n) is 8.63. The van der Waals surface area contributed by atoms with Gasteiger partial charge in [0.05, 0.1) is 26.4 Å². The molecular weight excluding hydrogens is 745 g/mol. The molecule has 324 valence electrons. The first-order valence-electron chi connectivity index (χ1n) is 23.3. The average molecular weight is 817 g/mol. The highest BCUT2D eigenvalue weighted by Gasteiger charge is 2.60. The maximum Gasteiger partial charge on any atom is 0.288 e. The topological polar surface area (TPSA) is 61.8 Å². The highest BCUT2D eigenvalue weighted by molar-refractivity contribution is 5.77. The standard InChI is InChI=1S/C53H72N2O5/c1-3-5-7-9-11-13-27-37-54-53-55(38-28-14-12-10-8-6-4-2)47-48(56-39-43-29-19-15-20-30-43)50(57-40-44-31-21-16-22-32-44)52(59-42-46-35-25-18-26-36-46)51(49(47)60-53)58-41-45-33-23-17-24-34-45/h15-26,29-36,47-52H,3-14,27-28,37-42H2,1-2H3/t47-,48-,49+,50+,51-,52-/m0/s1. The summed E-state index contributed by atoms with van der Waals surface area (Å²) in [4.78, 5) is 7.70. The minimum atomic E-state index is -0.498. The summed E-state index contributed by atoms with van der Waals surface area (Å²) in [6.45, 7) is 7.82. The van der Waals surface area contributed by atoms with E-state index in [0.717, 1.165) is 48.2 Å². The minimum Gasteiger partial charge on any atom is -0.457 e. The van der Waals surface area contributed by atoms with Gasteiger partial charge in [-0.25, -0.2) is 4.99 Å². The van der Waals surface area contributed by atoms with E-state index in [1.54, 1.807) is 0 Å². The lowest BCUT2D eigenvalue weighted by atomic mass is 9.81. The van der Waals surface area contributed by atoms with Crippen LogP contribution in [0.5, 0.6) is 0 Å². The van der Waals surface area contributed by atoms with Crippen LogP contribution < -0.4 is 0 Å². The molecule has 1 saturated heterocycles. The summed E-state index contributed by atoms with van der Waals surface area (Å²) in [5, 5.41) is 0. The van der Waals surface area contributed by atoms with Gasteiger partial charge in [0.1, 0.15) is 30.5 Å². The molecule has 1 aliphatic carbocycles. The van der Waals surface area contributed by atoms with Crippen molar-refractivity contribution >= 4 is 6.02 Å². The summed E-state index contributed by atoms with van der Waals surface area (Å²) in [5.41, 5.74) is 4.41. The van der Waals surface area contributed by atoms with E-state index in [1.165, 1.54) is 77.0 Å². The van der Waals surface area contributed by atoms with Gasteiger partial charge < -0.3 is 28.6 Å². The van der Waals surface area contributed by atoms with E-state index >= 15 is 0 Å². The second-order valence-corrected chi connectivity index (χ2v) is 16.7. The number of hydrogen-bond acceptors (Lipinski definition) is 6. The second-order valence-electron chi connectivity index (χ2n) is 16.7. The van der Waals surface area contributed by atoms with Crippen LogP contribution in [-0.4, -0.2) is 60.6 Å². The predicted molar refractivity (Wildman–Crippen MR) is 244 cm³/mol. The van der Waals surface area contributed by atoms with Crippen LogP contribution in [0, 0.1) is 0 Å². The van der Waals surface area contributed by atoms with Crippen molar-refractivity contribution in [1.82, 2.24) is 4.90 Å². The quantitative estimate of drug-likeness (QED) is 0.0532. The zero-order valence-corrected chi connectivity index (χ0v) is 36.6. The first kappa shape index (κ1) is 45.5. The van der Waals surface area contributed by atoms with Crippen molar-refractivity contribution in [3.05, 3.63) is 144 Å². The molecule has 60 heavy (non-hydrogen) atoms. The molecule has 1 heterocycles. The Morgan fingerprint density at radius 2 is 0.800 bits per heavy atom. The van der Waals surface area contributed by atoms with Crippen LogP contribution in [0.2, 0.25) is 0 Å². The Morgan fingerprint density at radius 1 is 0.433 bits per heavy atom. The molecule has 0 spiro atoms. The fourth-order valence-corrected chi connectivity index (χ4v) is 8.63. The lowest BCUT2D eigenvalue weighted by Crippen LogP contribution is -2.67. The Kier molecular flexibility index (Phi) is 20.0. The van der Waals surface area contributed by atoms with Crippen molar-refractivity contribution < 1.29 is 23.7 Å². The van der Waals surface area contributed by atoms with Gasteiger partial charge in [0, 0.05) is 13.1 Å². The number of amidine groups is 1. The van der Waals surface area contributed by atoms with E-state index in [4.69, 9.17) is 28.7 Å². The second kappa shape index (κ2) is 26.4.